The highest BCUT2D eigenvalue weighted by molar-refractivity contribution is 6.05. The summed E-state index contributed by atoms with van der Waals surface area (Å²) in [7, 11) is 0. The lowest BCUT2D eigenvalue weighted by molar-refractivity contribution is 0.761. The molecule has 33 heavy (non-hydrogen) atoms. The highest BCUT2D eigenvalue weighted by Crippen LogP contribution is 2.64. The fourth-order valence-corrected chi connectivity index (χ4v) is 6.53. The van der Waals surface area contributed by atoms with Gasteiger partial charge in [0, 0.05) is 0 Å². The van der Waals surface area contributed by atoms with Crippen LogP contribution in [0, 0.1) is 0 Å². The van der Waals surface area contributed by atoms with Crippen molar-refractivity contribution >= 4 is 21.9 Å². The van der Waals surface area contributed by atoms with Crippen molar-refractivity contribution < 1.29 is 0 Å². The Bertz CT molecular complexity index is 1370. The molecule has 2 bridgehead atoms. The van der Waals surface area contributed by atoms with Crippen LogP contribution in [0.4, 0.5) is 0 Å². The summed E-state index contributed by atoms with van der Waals surface area (Å²) < 4.78 is 0. The molecule has 1 spiro atoms. The van der Waals surface area contributed by atoms with Crippen molar-refractivity contribution in [1.82, 2.24) is 0 Å². The lowest BCUT2D eigenvalue weighted by atomic mass is 9.67. The van der Waals surface area contributed by atoms with Crippen molar-refractivity contribution in [2.45, 2.75) is 59.3 Å². The van der Waals surface area contributed by atoms with Crippen LogP contribution in [0.25, 0.3) is 21.9 Å². The van der Waals surface area contributed by atoms with Crippen LogP contribution in [0.3, 0.4) is 0 Å². The van der Waals surface area contributed by atoms with Gasteiger partial charge in [-0.05, 0) is 87.1 Å². The third-order valence-corrected chi connectivity index (χ3v) is 7.62. The molecular formula is C33H34. The first kappa shape index (κ1) is 21.7. The molecule has 0 aliphatic heterocycles. The Balaban J connectivity index is 0.000000544. The largest absolute Gasteiger partial charge is 0.0839 e. The van der Waals surface area contributed by atoms with Gasteiger partial charge in [-0.3, -0.25) is 0 Å². The predicted octanol–water partition coefficient (Wildman–Crippen LogP) is 9.19. The lowest BCUT2D eigenvalue weighted by Crippen LogP contribution is -2.28. The minimum atomic E-state index is -0.141. The van der Waals surface area contributed by atoms with Gasteiger partial charge in [0.1, 0.15) is 0 Å². The standard InChI is InChI=1S/C29H22.2C2H6/c1-18-21-13-7-10-19-8-6-9-20-16-17-24-23-12-3-5-15-26(23)29(18,28(24)27(19)20)25-14-4-2-11-22(21)25;2*1-2/h2,4-9,11,13-17H,3,10,12H2,1H3;2*1-2H3/b13-7-;;. The summed E-state index contributed by atoms with van der Waals surface area (Å²) >= 11 is 0. The van der Waals surface area contributed by atoms with E-state index in [9.17, 15) is 0 Å². The second kappa shape index (κ2) is 8.34. The number of benzene rings is 3. The zero-order valence-electron chi connectivity index (χ0n) is 20.6. The van der Waals surface area contributed by atoms with E-state index in [0.29, 0.717) is 0 Å². The van der Waals surface area contributed by atoms with Crippen LogP contribution in [0.15, 0.2) is 90.0 Å². The van der Waals surface area contributed by atoms with Crippen LogP contribution in [0.5, 0.6) is 0 Å². The Morgan fingerprint density at radius 3 is 2.42 bits per heavy atom. The molecule has 4 aliphatic rings. The quantitative estimate of drug-likeness (QED) is 0.333. The summed E-state index contributed by atoms with van der Waals surface area (Å²) in [5.41, 5.74) is 13.2. The summed E-state index contributed by atoms with van der Waals surface area (Å²) in [6, 6.07) is 20.7. The SMILES string of the molecule is CC.CC.CC1=C2/C=C\Cc3cccc4ccc5c(c34)C1(C1=C5CCC=C1)c1ccccc12. The van der Waals surface area contributed by atoms with Gasteiger partial charge in [0.15, 0.2) is 0 Å². The summed E-state index contributed by atoms with van der Waals surface area (Å²) in [6.07, 6.45) is 12.9. The van der Waals surface area contributed by atoms with Crippen molar-refractivity contribution in [3.05, 3.63) is 118 Å². The van der Waals surface area contributed by atoms with Gasteiger partial charge in [-0.25, -0.2) is 0 Å². The number of allylic oxidation sites excluding steroid dienone is 8. The maximum absolute atomic E-state index is 2.44. The molecule has 4 aliphatic carbocycles. The first-order valence-corrected chi connectivity index (χ1v) is 12.7. The number of fused-ring (bicyclic) bond motifs is 3. The van der Waals surface area contributed by atoms with E-state index in [-0.39, 0.29) is 5.41 Å². The molecule has 0 saturated carbocycles. The zero-order valence-corrected chi connectivity index (χ0v) is 20.6. The third-order valence-electron chi connectivity index (χ3n) is 7.62. The topological polar surface area (TPSA) is 0 Å². The molecule has 1 atom stereocenters. The Kier molecular flexibility index (Phi) is 5.49. The van der Waals surface area contributed by atoms with Crippen LogP contribution < -0.4 is 0 Å². The van der Waals surface area contributed by atoms with Crippen molar-refractivity contribution in [3.8, 4) is 0 Å². The molecular weight excluding hydrogens is 396 g/mol. The highest BCUT2D eigenvalue weighted by atomic mass is 14.5. The summed E-state index contributed by atoms with van der Waals surface area (Å²) in [5.74, 6) is 0. The maximum atomic E-state index is 2.44. The van der Waals surface area contributed by atoms with Gasteiger partial charge in [-0.2, -0.15) is 0 Å². The minimum absolute atomic E-state index is 0.141. The maximum Gasteiger partial charge on any atom is 0.0688 e. The Labute approximate surface area is 199 Å². The van der Waals surface area contributed by atoms with E-state index in [4.69, 9.17) is 0 Å². The van der Waals surface area contributed by atoms with E-state index < -0.39 is 0 Å². The first-order chi connectivity index (χ1) is 16.3. The molecule has 0 amide bonds. The van der Waals surface area contributed by atoms with E-state index in [1.165, 1.54) is 49.7 Å². The molecule has 0 nitrogen and oxygen atoms in total. The molecule has 0 aromatic heterocycles. The molecule has 0 N–H and O–H groups in total. The van der Waals surface area contributed by atoms with Gasteiger partial charge in [0.2, 0.25) is 0 Å². The Hall–Kier alpha value is -3.12. The van der Waals surface area contributed by atoms with Gasteiger partial charge >= 0.3 is 0 Å². The average Bonchev–Trinajstić information content (AvgIpc) is 3.34. The van der Waals surface area contributed by atoms with E-state index in [2.05, 4.69) is 85.8 Å². The van der Waals surface area contributed by atoms with E-state index >= 15 is 0 Å². The molecule has 0 heterocycles. The summed E-state index contributed by atoms with van der Waals surface area (Å²) in [4.78, 5) is 0. The highest BCUT2D eigenvalue weighted by Gasteiger charge is 2.52. The van der Waals surface area contributed by atoms with Crippen LogP contribution in [-0.2, 0) is 11.8 Å². The van der Waals surface area contributed by atoms with E-state index in [1.807, 2.05) is 27.7 Å². The van der Waals surface area contributed by atoms with Crippen molar-refractivity contribution in [1.29, 1.82) is 0 Å². The third kappa shape index (κ3) is 2.70. The number of hydrogen-bond acceptors (Lipinski definition) is 0. The lowest BCUT2D eigenvalue weighted by Gasteiger charge is -2.34. The van der Waals surface area contributed by atoms with Crippen LogP contribution in [-0.4, -0.2) is 0 Å². The molecule has 0 heteroatoms. The molecule has 0 fully saturated rings. The summed E-state index contributed by atoms with van der Waals surface area (Å²) in [5, 5.41) is 2.85. The second-order valence-electron chi connectivity index (χ2n) is 8.78. The fourth-order valence-electron chi connectivity index (χ4n) is 6.53. The average molecular weight is 431 g/mol. The molecule has 166 valence electrons. The molecule has 0 radical (unpaired) electrons. The van der Waals surface area contributed by atoms with E-state index in [1.54, 1.807) is 11.1 Å². The smallest absolute Gasteiger partial charge is 0.0688 e. The molecule has 0 saturated heterocycles. The Morgan fingerprint density at radius 2 is 1.58 bits per heavy atom. The van der Waals surface area contributed by atoms with Crippen LogP contribution in [0.2, 0.25) is 0 Å². The first-order valence-electron chi connectivity index (χ1n) is 12.7. The van der Waals surface area contributed by atoms with Gasteiger partial charge in [0.25, 0.3) is 0 Å². The summed E-state index contributed by atoms with van der Waals surface area (Å²) in [6.45, 7) is 10.4. The van der Waals surface area contributed by atoms with Crippen LogP contribution >= 0.6 is 0 Å². The van der Waals surface area contributed by atoms with Crippen molar-refractivity contribution in [2.75, 3.05) is 0 Å². The molecule has 3 aromatic carbocycles. The van der Waals surface area contributed by atoms with Gasteiger partial charge in [-0.1, -0.05) is 107 Å². The van der Waals surface area contributed by atoms with Gasteiger partial charge in [-0.15, -0.1) is 0 Å². The molecule has 3 aromatic rings. The van der Waals surface area contributed by atoms with E-state index in [0.717, 1.165) is 19.3 Å². The number of rotatable bonds is 0. The van der Waals surface area contributed by atoms with Gasteiger partial charge in [0.05, 0.1) is 5.41 Å². The monoisotopic (exact) mass is 430 g/mol. The second-order valence-corrected chi connectivity index (χ2v) is 8.78. The van der Waals surface area contributed by atoms with Crippen LogP contribution in [0.1, 0.15) is 75.3 Å². The normalized spacial score (nSPS) is 21.7. The fraction of sp³-hybridized carbons (Fsp3) is 0.273. The zero-order chi connectivity index (χ0) is 23.2. The minimum Gasteiger partial charge on any atom is -0.0839 e. The molecule has 7 rings (SSSR count). The van der Waals surface area contributed by atoms with Gasteiger partial charge < -0.3 is 0 Å². The predicted molar refractivity (Wildman–Crippen MR) is 145 cm³/mol. The molecule has 1 unspecified atom stereocenters. The van der Waals surface area contributed by atoms with Crippen molar-refractivity contribution in [2.24, 2.45) is 0 Å². The Morgan fingerprint density at radius 1 is 0.758 bits per heavy atom. The number of hydrogen-bond donors (Lipinski definition) is 0. The van der Waals surface area contributed by atoms with Crippen molar-refractivity contribution in [3.63, 3.8) is 0 Å².